The summed E-state index contributed by atoms with van der Waals surface area (Å²) >= 11 is 18.2. The fraction of sp³-hybridized carbons (Fsp3) is 0.278. The van der Waals surface area contributed by atoms with Crippen molar-refractivity contribution in [3.8, 4) is 0 Å². The maximum absolute atomic E-state index is 13.1. The molecular formula is C18H16Cl3FN2O2. The Morgan fingerprint density at radius 2 is 2.00 bits per heavy atom. The predicted molar refractivity (Wildman–Crippen MR) is 102 cm³/mol. The van der Waals surface area contributed by atoms with Gasteiger partial charge in [0.25, 0.3) is 0 Å². The van der Waals surface area contributed by atoms with Crippen LogP contribution in [0.2, 0.25) is 15.1 Å². The number of aliphatic hydroxyl groups excluding tert-OH is 1. The summed E-state index contributed by atoms with van der Waals surface area (Å²) in [7, 11) is 1.73. The Kier molecular flexibility index (Phi) is 5.75. The number of anilines is 1. The number of likely N-dealkylation sites (N-methyl/N-ethyl adjacent to an activating group) is 1. The standard InChI is InChI=1S/C18H16Cl3FN2O2/c1-24(8-17(26)23-15-3-2-10(22)6-14(15)21)18-12-4-9(19)5-13(20)11(12)7-16(18)25/h2-6,16,18,25H,7-8H2,1H3,(H,23,26)/t16-,18-/m1/s1. The fourth-order valence-corrected chi connectivity index (χ4v) is 4.07. The molecule has 0 aliphatic heterocycles. The fourth-order valence-electron chi connectivity index (χ4n) is 3.27. The quantitative estimate of drug-likeness (QED) is 0.779. The van der Waals surface area contributed by atoms with Gasteiger partial charge in [-0.05, 0) is 48.5 Å². The summed E-state index contributed by atoms with van der Waals surface area (Å²) in [5, 5.41) is 14.2. The highest BCUT2D eigenvalue weighted by Crippen LogP contribution is 2.40. The van der Waals surface area contributed by atoms with Crippen LogP contribution in [0.25, 0.3) is 0 Å². The van der Waals surface area contributed by atoms with Crippen LogP contribution in [0.4, 0.5) is 10.1 Å². The number of nitrogens with one attached hydrogen (secondary N) is 1. The van der Waals surface area contributed by atoms with Crippen LogP contribution in [0.15, 0.2) is 30.3 Å². The molecule has 1 amide bonds. The molecule has 2 atom stereocenters. The molecule has 0 heterocycles. The number of amides is 1. The molecule has 0 aromatic heterocycles. The Morgan fingerprint density at radius 3 is 2.69 bits per heavy atom. The van der Waals surface area contributed by atoms with Gasteiger partial charge in [-0.1, -0.05) is 34.8 Å². The van der Waals surface area contributed by atoms with E-state index in [-0.39, 0.29) is 17.5 Å². The molecule has 0 saturated heterocycles. The summed E-state index contributed by atoms with van der Waals surface area (Å²) in [6.07, 6.45) is -0.306. The maximum atomic E-state index is 13.1. The van der Waals surface area contributed by atoms with Crippen LogP contribution in [0.5, 0.6) is 0 Å². The Bertz CT molecular complexity index is 863. The Morgan fingerprint density at radius 1 is 1.27 bits per heavy atom. The van der Waals surface area contributed by atoms with E-state index in [1.54, 1.807) is 24.1 Å². The second-order valence-electron chi connectivity index (χ2n) is 6.26. The van der Waals surface area contributed by atoms with Crippen LogP contribution < -0.4 is 5.32 Å². The van der Waals surface area contributed by atoms with E-state index in [0.717, 1.165) is 17.2 Å². The first-order valence-electron chi connectivity index (χ1n) is 7.87. The zero-order valence-corrected chi connectivity index (χ0v) is 16.0. The molecule has 0 unspecified atom stereocenters. The highest BCUT2D eigenvalue weighted by Gasteiger charge is 2.36. The zero-order chi connectivity index (χ0) is 19.0. The van der Waals surface area contributed by atoms with Crippen LogP contribution in [-0.4, -0.2) is 35.6 Å². The molecule has 1 aliphatic rings. The van der Waals surface area contributed by atoms with Gasteiger partial charge in [0.2, 0.25) is 5.91 Å². The predicted octanol–water partition coefficient (Wildman–Crippen LogP) is 4.31. The molecule has 2 aromatic rings. The van der Waals surface area contributed by atoms with Crippen molar-refractivity contribution in [3.63, 3.8) is 0 Å². The van der Waals surface area contributed by atoms with Gasteiger partial charge in [0, 0.05) is 16.5 Å². The number of carbonyl (C=O) groups excluding carboxylic acids is 1. The molecule has 0 spiro atoms. The Hall–Kier alpha value is -1.37. The van der Waals surface area contributed by atoms with Crippen molar-refractivity contribution in [3.05, 3.63) is 62.3 Å². The van der Waals surface area contributed by atoms with Gasteiger partial charge in [-0.3, -0.25) is 9.69 Å². The molecule has 0 saturated carbocycles. The molecule has 2 aromatic carbocycles. The summed E-state index contributed by atoms with van der Waals surface area (Å²) in [5.74, 6) is -0.820. The van der Waals surface area contributed by atoms with Crippen molar-refractivity contribution in [2.75, 3.05) is 18.9 Å². The summed E-state index contributed by atoms with van der Waals surface area (Å²) in [5.41, 5.74) is 1.97. The molecule has 1 aliphatic carbocycles. The zero-order valence-electron chi connectivity index (χ0n) is 13.8. The van der Waals surface area contributed by atoms with Gasteiger partial charge in [0.05, 0.1) is 29.4 Å². The van der Waals surface area contributed by atoms with E-state index in [9.17, 15) is 14.3 Å². The lowest BCUT2D eigenvalue weighted by atomic mass is 10.1. The number of rotatable bonds is 4. The highest BCUT2D eigenvalue weighted by atomic mass is 35.5. The Labute approximate surface area is 165 Å². The molecule has 0 bridgehead atoms. The SMILES string of the molecule is CN(CC(=O)Nc1ccc(F)cc1Cl)[C@@H]1c2cc(Cl)cc(Cl)c2C[C@H]1O. The van der Waals surface area contributed by atoms with Crippen molar-refractivity contribution in [2.45, 2.75) is 18.6 Å². The lowest BCUT2D eigenvalue weighted by molar-refractivity contribution is -0.118. The summed E-state index contributed by atoms with van der Waals surface area (Å²) in [6, 6.07) is 6.73. The summed E-state index contributed by atoms with van der Waals surface area (Å²) in [4.78, 5) is 14.0. The third-order valence-corrected chi connectivity index (χ3v) is 5.23. The van der Waals surface area contributed by atoms with Crippen LogP contribution in [0, 0.1) is 5.82 Å². The van der Waals surface area contributed by atoms with Crippen LogP contribution >= 0.6 is 34.8 Å². The minimum atomic E-state index is -0.701. The molecular weight excluding hydrogens is 402 g/mol. The van der Waals surface area contributed by atoms with Crippen LogP contribution in [0.3, 0.4) is 0 Å². The largest absolute Gasteiger partial charge is 0.391 e. The normalized spacial score (nSPS) is 18.9. The van der Waals surface area contributed by atoms with Crippen LogP contribution in [0.1, 0.15) is 17.2 Å². The number of benzene rings is 2. The van der Waals surface area contributed by atoms with E-state index in [2.05, 4.69) is 5.32 Å². The number of carbonyl (C=O) groups is 1. The van der Waals surface area contributed by atoms with Gasteiger partial charge in [-0.25, -0.2) is 4.39 Å². The average molecular weight is 418 g/mol. The molecule has 2 N–H and O–H groups in total. The van der Waals surface area contributed by atoms with Crippen molar-refractivity contribution in [1.29, 1.82) is 0 Å². The first-order valence-corrected chi connectivity index (χ1v) is 9.00. The van der Waals surface area contributed by atoms with Crippen LogP contribution in [-0.2, 0) is 11.2 Å². The Balaban J connectivity index is 1.74. The smallest absolute Gasteiger partial charge is 0.238 e. The van der Waals surface area contributed by atoms with Gasteiger partial charge in [-0.15, -0.1) is 0 Å². The maximum Gasteiger partial charge on any atom is 0.238 e. The molecule has 0 fully saturated rings. The van der Waals surface area contributed by atoms with E-state index < -0.39 is 18.0 Å². The van der Waals surface area contributed by atoms with Gasteiger partial charge in [0.1, 0.15) is 5.82 Å². The van der Waals surface area contributed by atoms with Gasteiger partial charge >= 0.3 is 0 Å². The first kappa shape index (κ1) is 19.4. The van der Waals surface area contributed by atoms with E-state index in [4.69, 9.17) is 34.8 Å². The van der Waals surface area contributed by atoms with Crippen molar-refractivity contribution in [1.82, 2.24) is 4.90 Å². The third-order valence-electron chi connectivity index (χ3n) is 4.36. The number of fused-ring (bicyclic) bond motifs is 1. The number of hydrogen-bond donors (Lipinski definition) is 2. The average Bonchev–Trinajstić information content (AvgIpc) is 2.86. The lowest BCUT2D eigenvalue weighted by Gasteiger charge is -2.27. The minimum Gasteiger partial charge on any atom is -0.391 e. The second kappa shape index (κ2) is 7.71. The highest BCUT2D eigenvalue weighted by molar-refractivity contribution is 6.35. The van der Waals surface area contributed by atoms with Gasteiger partial charge < -0.3 is 10.4 Å². The number of nitrogens with zero attached hydrogens (tertiary/aromatic N) is 1. The van der Waals surface area contributed by atoms with Crippen molar-refractivity contribution >= 4 is 46.4 Å². The number of hydrogen-bond acceptors (Lipinski definition) is 3. The molecule has 3 rings (SSSR count). The first-order chi connectivity index (χ1) is 12.3. The summed E-state index contributed by atoms with van der Waals surface area (Å²) in [6.45, 7) is -0.000988. The van der Waals surface area contributed by atoms with Gasteiger partial charge in [0.15, 0.2) is 0 Å². The van der Waals surface area contributed by atoms with Crippen molar-refractivity contribution in [2.24, 2.45) is 0 Å². The minimum absolute atomic E-state index is 0.000988. The van der Waals surface area contributed by atoms with E-state index in [1.165, 1.54) is 12.1 Å². The molecule has 138 valence electrons. The monoisotopic (exact) mass is 416 g/mol. The number of halogens is 4. The topological polar surface area (TPSA) is 52.6 Å². The molecule has 0 radical (unpaired) electrons. The van der Waals surface area contributed by atoms with E-state index in [0.29, 0.717) is 22.2 Å². The van der Waals surface area contributed by atoms with Gasteiger partial charge in [-0.2, -0.15) is 0 Å². The molecule has 8 heteroatoms. The van der Waals surface area contributed by atoms with Crippen molar-refractivity contribution < 1.29 is 14.3 Å². The third kappa shape index (κ3) is 3.97. The summed E-state index contributed by atoms with van der Waals surface area (Å²) < 4.78 is 13.1. The molecule has 4 nitrogen and oxygen atoms in total. The number of aliphatic hydroxyl groups is 1. The van der Waals surface area contributed by atoms with E-state index in [1.807, 2.05) is 0 Å². The van der Waals surface area contributed by atoms with E-state index >= 15 is 0 Å². The molecule has 26 heavy (non-hydrogen) atoms. The second-order valence-corrected chi connectivity index (χ2v) is 7.51. The lowest BCUT2D eigenvalue weighted by Crippen LogP contribution is -2.37.